The van der Waals surface area contributed by atoms with E-state index >= 15 is 0 Å². The first-order chi connectivity index (χ1) is 9.41. The molecule has 0 radical (unpaired) electrons. The molecule has 0 bridgehead atoms. The van der Waals surface area contributed by atoms with E-state index in [0.717, 1.165) is 0 Å². The van der Waals surface area contributed by atoms with Gasteiger partial charge in [-0.15, -0.1) is 0 Å². The molecule has 2 aliphatic rings. The van der Waals surface area contributed by atoms with Gasteiger partial charge in [0.15, 0.2) is 0 Å². The molecule has 0 aromatic heterocycles. The topological polar surface area (TPSA) is 0 Å². The fourth-order valence-electron chi connectivity index (χ4n) is 2.80. The third kappa shape index (κ3) is 18.0. The van der Waals surface area contributed by atoms with Gasteiger partial charge in [-0.05, 0) is 0 Å². The summed E-state index contributed by atoms with van der Waals surface area (Å²) in [6.45, 7) is 4.49. The van der Waals surface area contributed by atoms with Gasteiger partial charge in [0, 0.05) is 0 Å². The minimum Gasteiger partial charge on any atom is -0.0654 e. The first-order valence-electron chi connectivity index (χ1n) is 9.41. The SMILES string of the molecule is C1CCCCC1.C1CCCCC1.CCCCCCC. The lowest BCUT2D eigenvalue weighted by molar-refractivity contribution is 0.504. The molecule has 0 heteroatoms. The Hall–Kier alpha value is 0. The van der Waals surface area contributed by atoms with Gasteiger partial charge in [-0.1, -0.05) is 123 Å². The lowest BCUT2D eigenvalue weighted by atomic mass is 10.0. The molecule has 2 rings (SSSR count). The molecule has 0 heterocycles. The predicted molar refractivity (Wildman–Crippen MR) is 89.8 cm³/mol. The molecule has 2 fully saturated rings. The average molecular weight is 269 g/mol. The van der Waals surface area contributed by atoms with E-state index in [9.17, 15) is 0 Å². The Kier molecular flexibility index (Phi) is 18.0. The first-order valence-corrected chi connectivity index (χ1v) is 9.41. The van der Waals surface area contributed by atoms with Crippen molar-refractivity contribution in [3.63, 3.8) is 0 Å². The van der Waals surface area contributed by atoms with Crippen LogP contribution in [0.5, 0.6) is 0 Å². The van der Waals surface area contributed by atoms with E-state index in [1.807, 2.05) is 0 Å². The Morgan fingerprint density at radius 1 is 0.368 bits per heavy atom. The van der Waals surface area contributed by atoms with Gasteiger partial charge in [-0.25, -0.2) is 0 Å². The van der Waals surface area contributed by atoms with Gasteiger partial charge in [0.1, 0.15) is 0 Å². The maximum absolute atomic E-state index is 2.25. The van der Waals surface area contributed by atoms with Crippen molar-refractivity contribution in [2.45, 2.75) is 123 Å². The molecule has 0 aliphatic heterocycles. The zero-order valence-electron chi connectivity index (χ0n) is 14.0. The Balaban J connectivity index is 0.000000256. The van der Waals surface area contributed by atoms with Crippen molar-refractivity contribution in [2.75, 3.05) is 0 Å². The summed E-state index contributed by atoms with van der Waals surface area (Å²) in [7, 11) is 0. The smallest absolute Gasteiger partial charge is 0.0533 e. The van der Waals surface area contributed by atoms with Gasteiger partial charge in [0.25, 0.3) is 0 Å². The molecule has 0 saturated heterocycles. The summed E-state index contributed by atoms with van der Waals surface area (Å²) in [6, 6.07) is 0. The van der Waals surface area contributed by atoms with Crippen LogP contribution < -0.4 is 0 Å². The predicted octanol–water partition coefficient (Wildman–Crippen LogP) is 7.66. The normalized spacial score (nSPS) is 18.6. The molecule has 0 nitrogen and oxygen atoms in total. The maximum Gasteiger partial charge on any atom is -0.0533 e. The maximum atomic E-state index is 2.25. The van der Waals surface area contributed by atoms with E-state index in [0.29, 0.717) is 0 Å². The number of rotatable bonds is 4. The van der Waals surface area contributed by atoms with Crippen LogP contribution in [0.25, 0.3) is 0 Å². The number of hydrogen-bond donors (Lipinski definition) is 0. The second-order valence-electron chi connectivity index (χ2n) is 6.30. The standard InChI is InChI=1S/C7H16.2C6H12/c1-3-5-7-6-4-2;2*1-2-4-6-5-3-1/h3-7H2,1-2H3;2*1-6H2. The zero-order chi connectivity index (χ0) is 14.0. The lowest BCUT2D eigenvalue weighted by Gasteiger charge is -2.05. The summed E-state index contributed by atoms with van der Waals surface area (Å²) >= 11 is 0. The minimum absolute atomic E-state index is 1.36. The van der Waals surface area contributed by atoms with Crippen molar-refractivity contribution in [1.29, 1.82) is 0 Å². The van der Waals surface area contributed by atoms with Crippen molar-refractivity contribution >= 4 is 0 Å². The Morgan fingerprint density at radius 2 is 0.579 bits per heavy atom. The van der Waals surface area contributed by atoms with Crippen molar-refractivity contribution in [1.82, 2.24) is 0 Å². The van der Waals surface area contributed by atoms with E-state index in [2.05, 4.69) is 13.8 Å². The lowest BCUT2D eigenvalue weighted by Crippen LogP contribution is -1.85. The molecule has 0 amide bonds. The number of unbranched alkanes of at least 4 members (excludes halogenated alkanes) is 4. The first kappa shape index (κ1) is 19.0. The average Bonchev–Trinajstić information content (AvgIpc) is 2.53. The quantitative estimate of drug-likeness (QED) is 0.459. The van der Waals surface area contributed by atoms with Crippen LogP contribution in [-0.2, 0) is 0 Å². The second-order valence-corrected chi connectivity index (χ2v) is 6.30. The van der Waals surface area contributed by atoms with Crippen molar-refractivity contribution in [3.8, 4) is 0 Å². The van der Waals surface area contributed by atoms with Crippen LogP contribution in [0.15, 0.2) is 0 Å². The van der Waals surface area contributed by atoms with Gasteiger partial charge in [0.05, 0.1) is 0 Å². The van der Waals surface area contributed by atoms with E-state index in [1.54, 1.807) is 0 Å². The monoisotopic (exact) mass is 268 g/mol. The summed E-state index contributed by atoms with van der Waals surface area (Å²) in [5, 5.41) is 0. The molecular formula is C19H40. The zero-order valence-corrected chi connectivity index (χ0v) is 14.0. The number of hydrogen-bond acceptors (Lipinski definition) is 0. The molecule has 2 aliphatic carbocycles. The Bertz CT molecular complexity index is 92.0. The highest BCUT2D eigenvalue weighted by atomic mass is 14.0. The molecule has 19 heavy (non-hydrogen) atoms. The highest BCUT2D eigenvalue weighted by Gasteiger charge is 1.96. The molecule has 0 aromatic carbocycles. The Labute approximate surface area is 123 Å². The van der Waals surface area contributed by atoms with Crippen molar-refractivity contribution < 1.29 is 0 Å². The fraction of sp³-hybridized carbons (Fsp3) is 1.00. The molecular weight excluding hydrogens is 228 g/mol. The summed E-state index contributed by atoms with van der Waals surface area (Å²) in [6.07, 6.45) is 25.0. The summed E-state index contributed by atoms with van der Waals surface area (Å²) in [5.41, 5.74) is 0. The van der Waals surface area contributed by atoms with Crippen LogP contribution in [0.3, 0.4) is 0 Å². The van der Waals surface area contributed by atoms with Gasteiger partial charge < -0.3 is 0 Å². The van der Waals surface area contributed by atoms with Crippen LogP contribution in [-0.4, -0.2) is 0 Å². The van der Waals surface area contributed by atoms with Crippen LogP contribution in [0.2, 0.25) is 0 Å². The molecule has 0 N–H and O–H groups in total. The van der Waals surface area contributed by atoms with Gasteiger partial charge in [-0.2, -0.15) is 0 Å². The molecule has 0 spiro atoms. The summed E-state index contributed by atoms with van der Waals surface area (Å²) in [4.78, 5) is 0. The Morgan fingerprint density at radius 3 is 0.737 bits per heavy atom. The van der Waals surface area contributed by atoms with E-state index < -0.39 is 0 Å². The summed E-state index contributed by atoms with van der Waals surface area (Å²) in [5.74, 6) is 0. The van der Waals surface area contributed by atoms with Crippen LogP contribution in [0.4, 0.5) is 0 Å². The minimum atomic E-state index is 1.36. The third-order valence-electron chi connectivity index (χ3n) is 4.21. The van der Waals surface area contributed by atoms with Crippen LogP contribution in [0.1, 0.15) is 123 Å². The highest BCUT2D eigenvalue weighted by Crippen LogP contribution is 2.15. The van der Waals surface area contributed by atoms with E-state index in [4.69, 9.17) is 0 Å². The van der Waals surface area contributed by atoms with E-state index in [1.165, 1.54) is 109 Å². The summed E-state index contributed by atoms with van der Waals surface area (Å²) < 4.78 is 0. The second kappa shape index (κ2) is 18.0. The van der Waals surface area contributed by atoms with Crippen molar-refractivity contribution in [2.24, 2.45) is 0 Å². The largest absolute Gasteiger partial charge is 0.0654 e. The molecule has 0 atom stereocenters. The van der Waals surface area contributed by atoms with E-state index in [-0.39, 0.29) is 0 Å². The molecule has 0 aromatic rings. The van der Waals surface area contributed by atoms with Gasteiger partial charge >= 0.3 is 0 Å². The molecule has 116 valence electrons. The van der Waals surface area contributed by atoms with Crippen molar-refractivity contribution in [3.05, 3.63) is 0 Å². The van der Waals surface area contributed by atoms with Crippen LogP contribution >= 0.6 is 0 Å². The third-order valence-corrected chi connectivity index (χ3v) is 4.21. The van der Waals surface area contributed by atoms with Crippen LogP contribution in [0, 0.1) is 0 Å². The highest BCUT2D eigenvalue weighted by molar-refractivity contribution is 4.51. The van der Waals surface area contributed by atoms with Gasteiger partial charge in [0.2, 0.25) is 0 Å². The molecule has 0 unspecified atom stereocenters. The molecule has 2 saturated carbocycles. The fourth-order valence-corrected chi connectivity index (χ4v) is 2.80. The van der Waals surface area contributed by atoms with Gasteiger partial charge in [-0.3, -0.25) is 0 Å².